The number of pyridine rings is 1. The number of aliphatic carboxylic acids is 1. The van der Waals surface area contributed by atoms with Gasteiger partial charge in [0.05, 0.1) is 5.75 Å². The average molecular weight is 327 g/mol. The van der Waals surface area contributed by atoms with E-state index in [9.17, 15) is 9.00 Å². The first-order valence-corrected chi connectivity index (χ1v) is 9.09. The summed E-state index contributed by atoms with van der Waals surface area (Å²) < 4.78 is 13.4. The second-order valence-corrected chi connectivity index (χ2v) is 7.31. The van der Waals surface area contributed by atoms with E-state index in [0.717, 1.165) is 22.8 Å². The van der Waals surface area contributed by atoms with E-state index >= 15 is 0 Å². The Bertz CT molecular complexity index is 699. The van der Waals surface area contributed by atoms with Crippen LogP contribution in [0.4, 0.5) is 0 Å². The molecular formula is C13H17N3O3S2. The first-order valence-electron chi connectivity index (χ1n) is 6.37. The highest BCUT2D eigenvalue weighted by atomic mass is 32.2. The smallest absolute Gasteiger partial charge is 0.313 e. The zero-order chi connectivity index (χ0) is 15.6. The van der Waals surface area contributed by atoms with E-state index in [4.69, 9.17) is 5.11 Å². The summed E-state index contributed by atoms with van der Waals surface area (Å²) in [6, 6.07) is 1.85. The molecule has 6 nitrogen and oxygen atoms in total. The van der Waals surface area contributed by atoms with E-state index < -0.39 is 16.8 Å². The standard InChI is InChI=1S/C13H17N3O3S2/c1-8-4-10-12(14-5-8)16(9(2)7-21(3)19)13(15-10)20-6-11(17)18/h4-5,9H,6-7H2,1-3H3,(H,17,18). The molecule has 2 atom stereocenters. The fraction of sp³-hybridized carbons (Fsp3) is 0.462. The van der Waals surface area contributed by atoms with Crippen molar-refractivity contribution < 1.29 is 14.1 Å². The van der Waals surface area contributed by atoms with Crippen LogP contribution in [0.25, 0.3) is 11.2 Å². The zero-order valence-corrected chi connectivity index (χ0v) is 13.7. The number of imidazole rings is 1. The zero-order valence-electron chi connectivity index (χ0n) is 12.1. The molecular weight excluding hydrogens is 310 g/mol. The number of carboxylic acids is 1. The minimum absolute atomic E-state index is 0.0627. The molecule has 0 bridgehead atoms. The van der Waals surface area contributed by atoms with Gasteiger partial charge in [-0.1, -0.05) is 11.8 Å². The van der Waals surface area contributed by atoms with Crippen molar-refractivity contribution in [3.8, 4) is 0 Å². The van der Waals surface area contributed by atoms with Gasteiger partial charge in [-0.2, -0.15) is 0 Å². The number of hydrogen-bond donors (Lipinski definition) is 1. The second kappa shape index (κ2) is 6.57. The number of carboxylic acid groups (broad SMARTS) is 1. The minimum atomic E-state index is -0.951. The fourth-order valence-electron chi connectivity index (χ4n) is 2.10. The molecule has 0 aromatic carbocycles. The summed E-state index contributed by atoms with van der Waals surface area (Å²) in [7, 11) is -0.951. The maximum Gasteiger partial charge on any atom is 0.313 e. The van der Waals surface area contributed by atoms with E-state index in [0.29, 0.717) is 16.6 Å². The van der Waals surface area contributed by atoms with Crippen molar-refractivity contribution in [2.45, 2.75) is 25.0 Å². The number of nitrogens with zero attached hydrogens (tertiary/aromatic N) is 3. The third kappa shape index (κ3) is 3.82. The van der Waals surface area contributed by atoms with Gasteiger partial charge in [0.25, 0.3) is 0 Å². The van der Waals surface area contributed by atoms with Gasteiger partial charge in [0.2, 0.25) is 0 Å². The van der Waals surface area contributed by atoms with Crippen molar-refractivity contribution in [3.05, 3.63) is 17.8 Å². The van der Waals surface area contributed by atoms with Crippen molar-refractivity contribution >= 4 is 39.7 Å². The Labute approximate surface area is 129 Å². The Morgan fingerprint density at radius 2 is 2.29 bits per heavy atom. The lowest BCUT2D eigenvalue weighted by molar-refractivity contribution is -0.133. The molecule has 0 spiro atoms. The van der Waals surface area contributed by atoms with Crippen LogP contribution in [-0.2, 0) is 15.6 Å². The van der Waals surface area contributed by atoms with Crippen LogP contribution in [0.5, 0.6) is 0 Å². The third-order valence-corrected chi connectivity index (χ3v) is 4.77. The summed E-state index contributed by atoms with van der Waals surface area (Å²) in [5, 5.41) is 9.45. The number of carbonyl (C=O) groups is 1. The first kappa shape index (κ1) is 16.0. The molecule has 0 fully saturated rings. The molecule has 0 amide bonds. The van der Waals surface area contributed by atoms with Gasteiger partial charge in [0.15, 0.2) is 10.8 Å². The number of rotatable bonds is 6. The van der Waals surface area contributed by atoms with Crippen molar-refractivity contribution in [1.82, 2.24) is 14.5 Å². The van der Waals surface area contributed by atoms with Crippen molar-refractivity contribution in [1.29, 1.82) is 0 Å². The highest BCUT2D eigenvalue weighted by molar-refractivity contribution is 7.99. The lowest BCUT2D eigenvalue weighted by Crippen LogP contribution is -2.15. The molecule has 2 rings (SSSR count). The van der Waals surface area contributed by atoms with Crippen LogP contribution in [-0.4, -0.2) is 47.6 Å². The predicted octanol–water partition coefficient (Wildman–Crippen LogP) is 1.86. The van der Waals surface area contributed by atoms with Crippen LogP contribution in [0, 0.1) is 6.92 Å². The topological polar surface area (TPSA) is 85.1 Å². The SMILES string of the molecule is Cc1cnc2c(c1)nc(SCC(=O)O)n2C(C)CS(C)=O. The number of thioether (sulfide) groups is 1. The third-order valence-electron chi connectivity index (χ3n) is 2.88. The normalized spacial score (nSPS) is 14.2. The van der Waals surface area contributed by atoms with Crippen LogP contribution >= 0.6 is 11.8 Å². The average Bonchev–Trinajstić information content (AvgIpc) is 2.72. The summed E-state index contributed by atoms with van der Waals surface area (Å²) in [6.07, 6.45) is 3.40. The lowest BCUT2D eigenvalue weighted by Gasteiger charge is -2.15. The minimum Gasteiger partial charge on any atom is -0.481 e. The molecule has 2 aromatic heterocycles. The Morgan fingerprint density at radius 3 is 2.90 bits per heavy atom. The highest BCUT2D eigenvalue weighted by Gasteiger charge is 2.19. The molecule has 1 N–H and O–H groups in total. The summed E-state index contributed by atoms with van der Waals surface area (Å²) in [5.74, 6) is -0.485. The first-order chi connectivity index (χ1) is 9.88. The van der Waals surface area contributed by atoms with Gasteiger partial charge in [-0.15, -0.1) is 0 Å². The monoisotopic (exact) mass is 327 g/mol. The predicted molar refractivity (Wildman–Crippen MR) is 84.3 cm³/mol. The van der Waals surface area contributed by atoms with Gasteiger partial charge in [0.1, 0.15) is 5.52 Å². The molecule has 114 valence electrons. The quantitative estimate of drug-likeness (QED) is 0.815. The molecule has 0 aliphatic rings. The van der Waals surface area contributed by atoms with Crippen LogP contribution < -0.4 is 0 Å². The number of fused-ring (bicyclic) bond motifs is 1. The summed E-state index contributed by atoms with van der Waals surface area (Å²) in [5.41, 5.74) is 2.43. The summed E-state index contributed by atoms with van der Waals surface area (Å²) >= 11 is 1.16. The molecule has 0 saturated heterocycles. The molecule has 2 heterocycles. The maximum atomic E-state index is 11.5. The molecule has 2 unspecified atom stereocenters. The summed E-state index contributed by atoms with van der Waals surface area (Å²) in [6.45, 7) is 3.87. The van der Waals surface area contributed by atoms with Crippen molar-refractivity contribution in [3.63, 3.8) is 0 Å². The van der Waals surface area contributed by atoms with Crippen molar-refractivity contribution in [2.75, 3.05) is 17.8 Å². The van der Waals surface area contributed by atoms with Crippen LogP contribution in [0.2, 0.25) is 0 Å². The van der Waals surface area contributed by atoms with Gasteiger partial charge in [-0.3, -0.25) is 13.6 Å². The Hall–Kier alpha value is -1.41. The molecule has 2 aromatic rings. The van der Waals surface area contributed by atoms with Gasteiger partial charge in [0, 0.05) is 35.0 Å². The highest BCUT2D eigenvalue weighted by Crippen LogP contribution is 2.27. The van der Waals surface area contributed by atoms with Crippen LogP contribution in [0.15, 0.2) is 17.4 Å². The lowest BCUT2D eigenvalue weighted by atomic mass is 10.3. The van der Waals surface area contributed by atoms with Gasteiger partial charge in [-0.25, -0.2) is 9.97 Å². The maximum absolute atomic E-state index is 11.5. The second-order valence-electron chi connectivity index (χ2n) is 4.89. The van der Waals surface area contributed by atoms with E-state index in [1.165, 1.54) is 0 Å². The van der Waals surface area contributed by atoms with Crippen LogP contribution in [0.3, 0.4) is 0 Å². The Balaban J connectivity index is 2.48. The molecule has 8 heteroatoms. The summed E-state index contributed by atoms with van der Waals surface area (Å²) in [4.78, 5) is 19.7. The largest absolute Gasteiger partial charge is 0.481 e. The van der Waals surface area contributed by atoms with Gasteiger partial charge in [-0.05, 0) is 25.5 Å². The van der Waals surface area contributed by atoms with E-state index in [1.807, 2.05) is 24.5 Å². The molecule has 21 heavy (non-hydrogen) atoms. The van der Waals surface area contributed by atoms with E-state index in [1.54, 1.807) is 12.5 Å². The molecule has 0 aliphatic heterocycles. The molecule has 0 aliphatic carbocycles. The van der Waals surface area contributed by atoms with Gasteiger partial charge >= 0.3 is 5.97 Å². The Kier molecular flexibility index (Phi) is 5.00. The van der Waals surface area contributed by atoms with Gasteiger partial charge < -0.3 is 5.11 Å². The molecule has 0 radical (unpaired) electrons. The van der Waals surface area contributed by atoms with Crippen LogP contribution in [0.1, 0.15) is 18.5 Å². The number of hydrogen-bond acceptors (Lipinski definition) is 5. The number of aryl methyl sites for hydroxylation is 1. The van der Waals surface area contributed by atoms with Crippen molar-refractivity contribution in [2.24, 2.45) is 0 Å². The molecule has 0 saturated carbocycles. The Morgan fingerprint density at radius 1 is 1.57 bits per heavy atom. The van der Waals surface area contributed by atoms with E-state index in [2.05, 4.69) is 9.97 Å². The fourth-order valence-corrected chi connectivity index (χ4v) is 3.75. The van der Waals surface area contributed by atoms with E-state index in [-0.39, 0.29) is 11.8 Å². The number of aromatic nitrogens is 3.